The highest BCUT2D eigenvalue weighted by Gasteiger charge is 2.44. The molecule has 3 atom stereocenters. The van der Waals surface area contributed by atoms with E-state index in [9.17, 15) is 18.0 Å². The first-order chi connectivity index (χ1) is 12.2. The maximum absolute atomic E-state index is 13.1. The Labute approximate surface area is 163 Å². The van der Waals surface area contributed by atoms with E-state index in [0.29, 0.717) is 17.3 Å². The molecular weight excluding hydrogens is 431 g/mol. The minimum atomic E-state index is -4.40. The van der Waals surface area contributed by atoms with Crippen LogP contribution in [-0.2, 0) is 11.0 Å². The molecule has 2 aromatic carbocycles. The molecule has 1 fully saturated rings. The normalized spacial score (nSPS) is 21.9. The molecule has 0 aromatic heterocycles. The molecule has 1 saturated heterocycles. The van der Waals surface area contributed by atoms with Crippen LogP contribution in [0.5, 0.6) is 0 Å². The van der Waals surface area contributed by atoms with Gasteiger partial charge in [0.05, 0.1) is 11.5 Å². The van der Waals surface area contributed by atoms with Crippen molar-refractivity contribution in [1.29, 1.82) is 0 Å². The van der Waals surface area contributed by atoms with Gasteiger partial charge in [0, 0.05) is 28.0 Å². The molecule has 26 heavy (non-hydrogen) atoms. The van der Waals surface area contributed by atoms with E-state index in [-0.39, 0.29) is 16.7 Å². The lowest BCUT2D eigenvalue weighted by molar-refractivity contribution is -0.137. The van der Waals surface area contributed by atoms with Crippen molar-refractivity contribution in [3.63, 3.8) is 0 Å². The Morgan fingerprint density at radius 2 is 1.85 bits per heavy atom. The Kier molecular flexibility index (Phi) is 5.35. The van der Waals surface area contributed by atoms with Crippen LogP contribution in [0.15, 0.2) is 48.5 Å². The predicted molar refractivity (Wildman–Crippen MR) is 99.9 cm³/mol. The Morgan fingerprint density at radius 1 is 1.19 bits per heavy atom. The number of hydrogen-bond donors (Lipinski definition) is 0. The van der Waals surface area contributed by atoms with Crippen LogP contribution in [0.25, 0.3) is 0 Å². The SMILES string of the molecule is CC(Br)C1CN(c2ccc(C(F)(F)F)cc2)C(=O)C1c1cccc(Cl)c1. The zero-order chi connectivity index (χ0) is 19.1. The second kappa shape index (κ2) is 7.24. The summed E-state index contributed by atoms with van der Waals surface area (Å²) in [4.78, 5) is 14.7. The highest BCUT2D eigenvalue weighted by atomic mass is 79.9. The van der Waals surface area contributed by atoms with Crippen LogP contribution in [0.2, 0.25) is 5.02 Å². The molecule has 1 heterocycles. The number of alkyl halides is 4. The van der Waals surface area contributed by atoms with Crippen LogP contribution in [0, 0.1) is 5.92 Å². The first kappa shape index (κ1) is 19.2. The molecular formula is C19H16BrClF3NO. The topological polar surface area (TPSA) is 20.3 Å². The molecule has 1 aliphatic rings. The number of hydrogen-bond acceptors (Lipinski definition) is 1. The van der Waals surface area contributed by atoms with Gasteiger partial charge in [0.2, 0.25) is 5.91 Å². The lowest BCUT2D eigenvalue weighted by Crippen LogP contribution is -2.26. The van der Waals surface area contributed by atoms with Crippen molar-refractivity contribution < 1.29 is 18.0 Å². The van der Waals surface area contributed by atoms with E-state index in [2.05, 4.69) is 15.9 Å². The maximum Gasteiger partial charge on any atom is 0.416 e. The highest BCUT2D eigenvalue weighted by Crippen LogP contribution is 2.41. The molecule has 0 saturated carbocycles. The van der Waals surface area contributed by atoms with E-state index >= 15 is 0 Å². The smallest absolute Gasteiger partial charge is 0.312 e. The summed E-state index contributed by atoms with van der Waals surface area (Å²) in [6.07, 6.45) is -4.40. The molecule has 0 N–H and O–H groups in total. The standard InChI is InChI=1S/C19H16BrClF3NO/c1-11(20)16-10-25(15-7-5-13(6-8-15)19(22,23)24)18(26)17(16)12-3-2-4-14(21)9-12/h2-9,11,16-17H,10H2,1H3. The van der Waals surface area contributed by atoms with Crippen molar-refractivity contribution in [1.82, 2.24) is 0 Å². The summed E-state index contributed by atoms with van der Waals surface area (Å²) in [6, 6.07) is 11.8. The van der Waals surface area contributed by atoms with Gasteiger partial charge in [-0.15, -0.1) is 0 Å². The number of carbonyl (C=O) groups is 1. The fourth-order valence-corrected chi connectivity index (χ4v) is 3.99. The van der Waals surface area contributed by atoms with Crippen LogP contribution in [0.4, 0.5) is 18.9 Å². The molecule has 0 aliphatic carbocycles. The zero-order valence-corrected chi connectivity index (χ0v) is 16.1. The van der Waals surface area contributed by atoms with Gasteiger partial charge in [-0.05, 0) is 42.0 Å². The Balaban J connectivity index is 1.94. The first-order valence-corrected chi connectivity index (χ1v) is 9.36. The molecule has 0 bridgehead atoms. The van der Waals surface area contributed by atoms with Gasteiger partial charge in [-0.3, -0.25) is 4.79 Å². The van der Waals surface area contributed by atoms with Crippen molar-refractivity contribution in [2.45, 2.75) is 23.8 Å². The van der Waals surface area contributed by atoms with E-state index in [1.54, 1.807) is 23.1 Å². The molecule has 3 unspecified atom stereocenters. The van der Waals surface area contributed by atoms with E-state index < -0.39 is 17.7 Å². The number of carbonyl (C=O) groups excluding carboxylic acids is 1. The average Bonchev–Trinajstić information content (AvgIpc) is 2.92. The van der Waals surface area contributed by atoms with Gasteiger partial charge in [-0.25, -0.2) is 0 Å². The number of halogens is 5. The largest absolute Gasteiger partial charge is 0.416 e. The quantitative estimate of drug-likeness (QED) is 0.539. The van der Waals surface area contributed by atoms with Gasteiger partial charge in [0.15, 0.2) is 0 Å². The number of benzene rings is 2. The molecule has 0 spiro atoms. The molecule has 2 nitrogen and oxygen atoms in total. The van der Waals surface area contributed by atoms with E-state index in [1.165, 1.54) is 12.1 Å². The molecule has 1 amide bonds. The van der Waals surface area contributed by atoms with E-state index in [1.807, 2.05) is 13.0 Å². The monoisotopic (exact) mass is 445 g/mol. The predicted octanol–water partition coefficient (Wildman–Crippen LogP) is 5.89. The minimum Gasteiger partial charge on any atom is -0.312 e. The van der Waals surface area contributed by atoms with Crippen LogP contribution >= 0.6 is 27.5 Å². The summed E-state index contributed by atoms with van der Waals surface area (Å²) in [6.45, 7) is 2.39. The van der Waals surface area contributed by atoms with Crippen LogP contribution in [0.3, 0.4) is 0 Å². The van der Waals surface area contributed by atoms with Crippen molar-refractivity contribution in [3.8, 4) is 0 Å². The van der Waals surface area contributed by atoms with Crippen LogP contribution in [-0.4, -0.2) is 17.3 Å². The Hall–Kier alpha value is -1.53. The van der Waals surface area contributed by atoms with Crippen LogP contribution in [0.1, 0.15) is 24.0 Å². The van der Waals surface area contributed by atoms with Crippen LogP contribution < -0.4 is 4.90 Å². The number of rotatable bonds is 3. The number of amides is 1. The van der Waals surface area contributed by atoms with Crippen molar-refractivity contribution in [2.24, 2.45) is 5.92 Å². The molecule has 7 heteroatoms. The fourth-order valence-electron chi connectivity index (χ4n) is 3.32. The summed E-state index contributed by atoms with van der Waals surface area (Å²) in [5, 5.41) is 0.546. The summed E-state index contributed by atoms with van der Waals surface area (Å²) in [5.41, 5.74) is 0.545. The summed E-state index contributed by atoms with van der Waals surface area (Å²) in [7, 11) is 0. The third-order valence-electron chi connectivity index (χ3n) is 4.66. The number of nitrogens with zero attached hydrogens (tertiary/aromatic N) is 1. The fraction of sp³-hybridized carbons (Fsp3) is 0.316. The highest BCUT2D eigenvalue weighted by molar-refractivity contribution is 9.09. The molecule has 2 aromatic rings. The zero-order valence-electron chi connectivity index (χ0n) is 13.8. The van der Waals surface area contributed by atoms with Gasteiger partial charge in [-0.2, -0.15) is 13.2 Å². The van der Waals surface area contributed by atoms with E-state index in [0.717, 1.165) is 17.7 Å². The van der Waals surface area contributed by atoms with Gasteiger partial charge >= 0.3 is 6.18 Å². The van der Waals surface area contributed by atoms with Gasteiger partial charge < -0.3 is 4.90 Å². The second-order valence-corrected chi connectivity index (χ2v) is 8.25. The third-order valence-corrected chi connectivity index (χ3v) is 5.57. The lowest BCUT2D eigenvalue weighted by atomic mass is 9.87. The summed E-state index contributed by atoms with van der Waals surface area (Å²) >= 11 is 9.63. The third kappa shape index (κ3) is 3.76. The molecule has 0 radical (unpaired) electrons. The molecule has 3 rings (SSSR count). The lowest BCUT2D eigenvalue weighted by Gasteiger charge is -2.19. The van der Waals surface area contributed by atoms with Crippen molar-refractivity contribution >= 4 is 39.1 Å². The number of anilines is 1. The summed E-state index contributed by atoms with van der Waals surface area (Å²) < 4.78 is 38.3. The average molecular weight is 447 g/mol. The Bertz CT molecular complexity index is 807. The van der Waals surface area contributed by atoms with Crippen molar-refractivity contribution in [3.05, 3.63) is 64.7 Å². The maximum atomic E-state index is 13.1. The van der Waals surface area contributed by atoms with E-state index in [4.69, 9.17) is 11.6 Å². The second-order valence-electron chi connectivity index (χ2n) is 6.37. The molecule has 138 valence electrons. The van der Waals surface area contributed by atoms with Gasteiger partial charge in [-0.1, -0.05) is 46.6 Å². The minimum absolute atomic E-state index is 0.0248. The van der Waals surface area contributed by atoms with Gasteiger partial charge in [0.1, 0.15) is 0 Å². The summed E-state index contributed by atoms with van der Waals surface area (Å²) in [5.74, 6) is -0.558. The van der Waals surface area contributed by atoms with Gasteiger partial charge in [0.25, 0.3) is 0 Å². The Morgan fingerprint density at radius 3 is 2.38 bits per heavy atom. The molecule has 1 aliphatic heterocycles. The first-order valence-electron chi connectivity index (χ1n) is 8.06. The van der Waals surface area contributed by atoms with Crippen molar-refractivity contribution in [2.75, 3.05) is 11.4 Å².